The van der Waals surface area contributed by atoms with Crippen LogP contribution in [0, 0.1) is 0 Å². The van der Waals surface area contributed by atoms with Crippen LogP contribution >= 0.6 is 15.9 Å². The summed E-state index contributed by atoms with van der Waals surface area (Å²) in [5.74, 6) is 0.239. The number of halogens is 1. The first kappa shape index (κ1) is 10.7. The number of hydrogen-bond acceptors (Lipinski definition) is 1. The fraction of sp³-hybridized carbons (Fsp3) is 0.455. The molecular weight excluding hydrogens is 228 g/mol. The van der Waals surface area contributed by atoms with Crippen LogP contribution in [-0.2, 0) is 6.42 Å². The predicted molar refractivity (Wildman–Crippen MR) is 59.0 cm³/mol. The van der Waals surface area contributed by atoms with E-state index in [0.29, 0.717) is 0 Å². The lowest BCUT2D eigenvalue weighted by molar-refractivity contribution is 0.272. The largest absolute Gasteiger partial charge is 0.396 e. The fourth-order valence-electron chi connectivity index (χ4n) is 1.46. The van der Waals surface area contributed by atoms with Crippen molar-refractivity contribution in [3.8, 4) is 0 Å². The molecule has 0 aliphatic carbocycles. The van der Waals surface area contributed by atoms with E-state index in [9.17, 15) is 0 Å². The van der Waals surface area contributed by atoms with Crippen LogP contribution in [0.1, 0.15) is 30.9 Å². The van der Waals surface area contributed by atoms with Gasteiger partial charge in [0.25, 0.3) is 0 Å². The summed E-state index contributed by atoms with van der Waals surface area (Å²) in [6, 6.07) is 6.24. The van der Waals surface area contributed by atoms with Crippen molar-refractivity contribution >= 4 is 15.9 Å². The maximum absolute atomic E-state index is 9.07. The molecule has 0 saturated heterocycles. The molecule has 72 valence electrons. The molecule has 0 heterocycles. The molecule has 0 aliphatic heterocycles. The van der Waals surface area contributed by atoms with Crippen molar-refractivity contribution in [3.05, 3.63) is 33.8 Å². The van der Waals surface area contributed by atoms with E-state index in [1.807, 2.05) is 13.0 Å². The van der Waals surface area contributed by atoms with Crippen molar-refractivity contribution in [3.63, 3.8) is 0 Å². The van der Waals surface area contributed by atoms with Gasteiger partial charge < -0.3 is 5.11 Å². The van der Waals surface area contributed by atoms with Gasteiger partial charge in [0.2, 0.25) is 0 Å². The summed E-state index contributed by atoms with van der Waals surface area (Å²) in [5.41, 5.74) is 2.57. The summed E-state index contributed by atoms with van der Waals surface area (Å²) >= 11 is 3.45. The number of aryl methyl sites for hydroxylation is 1. The summed E-state index contributed by atoms with van der Waals surface area (Å²) in [4.78, 5) is 0. The maximum Gasteiger partial charge on any atom is 0.0497 e. The minimum atomic E-state index is 0.217. The van der Waals surface area contributed by atoms with Crippen molar-refractivity contribution in [2.75, 3.05) is 6.61 Å². The van der Waals surface area contributed by atoms with Gasteiger partial charge in [0.05, 0.1) is 0 Å². The third kappa shape index (κ3) is 2.55. The molecule has 1 unspecified atom stereocenters. The third-order valence-electron chi connectivity index (χ3n) is 2.29. The predicted octanol–water partition coefficient (Wildman–Crippen LogP) is 3.11. The highest BCUT2D eigenvalue weighted by Gasteiger charge is 2.08. The lowest BCUT2D eigenvalue weighted by atomic mass is 9.95. The van der Waals surface area contributed by atoms with Gasteiger partial charge >= 0.3 is 0 Å². The van der Waals surface area contributed by atoms with Crippen LogP contribution in [0.5, 0.6) is 0 Å². The average molecular weight is 243 g/mol. The van der Waals surface area contributed by atoms with E-state index in [2.05, 4.69) is 35.0 Å². The molecule has 0 aliphatic rings. The molecule has 0 amide bonds. The lowest BCUT2D eigenvalue weighted by Gasteiger charge is -2.13. The number of aliphatic hydroxyl groups is 1. The molecule has 0 radical (unpaired) electrons. The maximum atomic E-state index is 9.07. The summed E-state index contributed by atoms with van der Waals surface area (Å²) in [7, 11) is 0. The smallest absolute Gasteiger partial charge is 0.0497 e. The number of hydrogen-bond donors (Lipinski definition) is 1. The monoisotopic (exact) mass is 242 g/mol. The Morgan fingerprint density at radius 3 is 2.69 bits per heavy atom. The fourth-order valence-corrected chi connectivity index (χ4v) is 1.87. The van der Waals surface area contributed by atoms with Gasteiger partial charge in [-0.05, 0) is 29.7 Å². The van der Waals surface area contributed by atoms with E-state index in [1.54, 1.807) is 0 Å². The molecule has 0 bridgehead atoms. The van der Waals surface area contributed by atoms with Crippen LogP contribution in [0.4, 0.5) is 0 Å². The summed E-state index contributed by atoms with van der Waals surface area (Å²) in [5, 5.41) is 9.07. The Balaban J connectivity index is 3.05. The minimum absolute atomic E-state index is 0.217. The van der Waals surface area contributed by atoms with Crippen molar-refractivity contribution in [2.24, 2.45) is 0 Å². The Hall–Kier alpha value is -0.340. The summed E-state index contributed by atoms with van der Waals surface area (Å²) < 4.78 is 1.11. The molecule has 1 aromatic carbocycles. The van der Waals surface area contributed by atoms with E-state index in [-0.39, 0.29) is 12.5 Å². The molecule has 0 spiro atoms. The van der Waals surface area contributed by atoms with Crippen molar-refractivity contribution < 1.29 is 5.11 Å². The van der Waals surface area contributed by atoms with Crippen molar-refractivity contribution in [1.29, 1.82) is 0 Å². The van der Waals surface area contributed by atoms with Crippen LogP contribution in [-0.4, -0.2) is 11.7 Å². The second-order valence-corrected chi connectivity index (χ2v) is 4.20. The molecule has 0 saturated carbocycles. The Morgan fingerprint density at radius 1 is 1.46 bits per heavy atom. The van der Waals surface area contributed by atoms with Crippen LogP contribution < -0.4 is 0 Å². The SMILES string of the molecule is CCc1cc(Br)ccc1C(C)CO. The summed E-state index contributed by atoms with van der Waals surface area (Å²) in [6.07, 6.45) is 1.01. The first-order chi connectivity index (χ1) is 6.19. The first-order valence-electron chi connectivity index (χ1n) is 4.58. The molecule has 1 nitrogen and oxygen atoms in total. The molecule has 1 atom stereocenters. The molecular formula is C11H15BrO. The zero-order chi connectivity index (χ0) is 9.84. The number of aliphatic hydroxyl groups excluding tert-OH is 1. The quantitative estimate of drug-likeness (QED) is 0.864. The topological polar surface area (TPSA) is 20.2 Å². The van der Waals surface area contributed by atoms with Gasteiger partial charge in [0.15, 0.2) is 0 Å². The lowest BCUT2D eigenvalue weighted by Crippen LogP contribution is -2.02. The van der Waals surface area contributed by atoms with E-state index in [4.69, 9.17) is 5.11 Å². The van der Waals surface area contributed by atoms with E-state index in [1.165, 1.54) is 11.1 Å². The molecule has 2 heteroatoms. The Morgan fingerprint density at radius 2 is 2.15 bits per heavy atom. The van der Waals surface area contributed by atoms with E-state index in [0.717, 1.165) is 10.9 Å². The van der Waals surface area contributed by atoms with Crippen LogP contribution in [0.2, 0.25) is 0 Å². The zero-order valence-electron chi connectivity index (χ0n) is 8.05. The first-order valence-corrected chi connectivity index (χ1v) is 5.37. The second kappa shape index (κ2) is 4.77. The average Bonchev–Trinajstić information content (AvgIpc) is 2.16. The van der Waals surface area contributed by atoms with Gasteiger partial charge in [-0.2, -0.15) is 0 Å². The molecule has 1 N–H and O–H groups in total. The molecule has 13 heavy (non-hydrogen) atoms. The number of benzene rings is 1. The Kier molecular flexibility index (Phi) is 3.94. The highest BCUT2D eigenvalue weighted by molar-refractivity contribution is 9.10. The van der Waals surface area contributed by atoms with Crippen molar-refractivity contribution in [1.82, 2.24) is 0 Å². The molecule has 1 aromatic rings. The molecule has 0 fully saturated rings. The van der Waals surface area contributed by atoms with Gasteiger partial charge in [-0.15, -0.1) is 0 Å². The van der Waals surface area contributed by atoms with Gasteiger partial charge in [-0.1, -0.05) is 35.8 Å². The van der Waals surface area contributed by atoms with Gasteiger partial charge in [-0.3, -0.25) is 0 Å². The van der Waals surface area contributed by atoms with Crippen LogP contribution in [0.15, 0.2) is 22.7 Å². The molecule has 0 aromatic heterocycles. The van der Waals surface area contributed by atoms with Gasteiger partial charge in [-0.25, -0.2) is 0 Å². The minimum Gasteiger partial charge on any atom is -0.396 e. The highest BCUT2D eigenvalue weighted by atomic mass is 79.9. The summed E-state index contributed by atoms with van der Waals surface area (Å²) in [6.45, 7) is 4.40. The van der Waals surface area contributed by atoms with Gasteiger partial charge in [0.1, 0.15) is 0 Å². The van der Waals surface area contributed by atoms with Gasteiger partial charge in [0, 0.05) is 17.0 Å². The second-order valence-electron chi connectivity index (χ2n) is 3.28. The molecule has 1 rings (SSSR count). The Labute approximate surface area is 87.9 Å². The number of rotatable bonds is 3. The van der Waals surface area contributed by atoms with Crippen LogP contribution in [0.3, 0.4) is 0 Å². The Bertz CT molecular complexity index is 283. The van der Waals surface area contributed by atoms with Crippen LogP contribution in [0.25, 0.3) is 0 Å². The van der Waals surface area contributed by atoms with E-state index >= 15 is 0 Å². The van der Waals surface area contributed by atoms with E-state index < -0.39 is 0 Å². The normalized spacial score (nSPS) is 12.9. The highest BCUT2D eigenvalue weighted by Crippen LogP contribution is 2.23. The third-order valence-corrected chi connectivity index (χ3v) is 2.78. The van der Waals surface area contributed by atoms with Crippen molar-refractivity contribution in [2.45, 2.75) is 26.2 Å². The zero-order valence-corrected chi connectivity index (χ0v) is 9.63. The standard InChI is InChI=1S/C11H15BrO/c1-3-9-6-10(12)4-5-11(9)8(2)7-13/h4-6,8,13H,3,7H2,1-2H3.